The summed E-state index contributed by atoms with van der Waals surface area (Å²) in [5.41, 5.74) is 8.40. The highest BCUT2D eigenvalue weighted by Crippen LogP contribution is 2.32. The second kappa shape index (κ2) is 13.6. The van der Waals surface area contributed by atoms with Crippen LogP contribution in [0.4, 0.5) is 0 Å². The van der Waals surface area contributed by atoms with Crippen LogP contribution in [0, 0.1) is 0 Å². The average molecular weight is 607 g/mol. The van der Waals surface area contributed by atoms with Crippen molar-refractivity contribution in [1.29, 1.82) is 0 Å². The third kappa shape index (κ3) is 7.41. The van der Waals surface area contributed by atoms with Crippen LogP contribution in [-0.4, -0.2) is 50.9 Å². The Kier molecular flexibility index (Phi) is 9.64. The van der Waals surface area contributed by atoms with Crippen LogP contribution >= 0.6 is 22.9 Å². The second-order valence-corrected chi connectivity index (χ2v) is 12.4. The van der Waals surface area contributed by atoms with Gasteiger partial charge in [0.25, 0.3) is 0 Å². The number of piperidine rings is 1. The number of ether oxygens (including phenoxy) is 1. The van der Waals surface area contributed by atoms with E-state index < -0.39 is 5.97 Å². The molecule has 1 saturated heterocycles. The van der Waals surface area contributed by atoms with Gasteiger partial charge in [0.1, 0.15) is 23.7 Å². The third-order valence-corrected chi connectivity index (χ3v) is 8.59. The van der Waals surface area contributed by atoms with Gasteiger partial charge >= 0.3 is 5.97 Å². The Bertz CT molecular complexity index is 1620. The normalized spacial score (nSPS) is 14.2. The molecule has 0 atom stereocenters. The lowest BCUT2D eigenvalue weighted by atomic mass is 10.1. The highest BCUT2D eigenvalue weighted by Gasteiger charge is 2.19. The Hall–Kier alpha value is -3.63. The molecule has 0 radical (unpaired) electrons. The van der Waals surface area contributed by atoms with E-state index in [0.717, 1.165) is 21.3 Å². The van der Waals surface area contributed by atoms with Crippen molar-refractivity contribution in [1.82, 2.24) is 14.6 Å². The van der Waals surface area contributed by atoms with E-state index in [-0.39, 0.29) is 12.2 Å². The van der Waals surface area contributed by atoms with Crippen LogP contribution in [0.1, 0.15) is 48.4 Å². The third-order valence-electron chi connectivity index (χ3n) is 7.34. The van der Waals surface area contributed by atoms with E-state index in [0.29, 0.717) is 40.2 Å². The Labute approximate surface area is 254 Å². The number of benzene rings is 2. The fourth-order valence-electron chi connectivity index (χ4n) is 4.97. The lowest BCUT2D eigenvalue weighted by Crippen LogP contribution is -2.42. The molecule has 2 aromatic carbocycles. The van der Waals surface area contributed by atoms with E-state index in [1.807, 2.05) is 54.6 Å². The Morgan fingerprint density at radius 3 is 2.55 bits per heavy atom. The van der Waals surface area contributed by atoms with Crippen molar-refractivity contribution in [2.45, 2.75) is 51.9 Å². The smallest absolute Gasteiger partial charge is 0.352 e. The van der Waals surface area contributed by atoms with Crippen LogP contribution in [0.5, 0.6) is 5.75 Å². The molecule has 0 saturated carbocycles. The zero-order chi connectivity index (χ0) is 29.6. The van der Waals surface area contributed by atoms with E-state index in [1.54, 1.807) is 22.8 Å². The minimum Gasteiger partial charge on any atom is -0.489 e. The molecule has 0 amide bonds. The molecule has 1 aliphatic heterocycles. The Morgan fingerprint density at radius 1 is 1.12 bits per heavy atom. The van der Waals surface area contributed by atoms with Gasteiger partial charge in [-0.3, -0.25) is 0 Å². The van der Waals surface area contributed by atoms with Crippen LogP contribution < -0.4 is 10.5 Å². The number of hydrogen-bond acceptors (Lipinski definition) is 7. The van der Waals surface area contributed by atoms with Gasteiger partial charge in [-0.25, -0.2) is 4.79 Å². The summed E-state index contributed by atoms with van der Waals surface area (Å²) in [7, 11) is 0. The van der Waals surface area contributed by atoms with E-state index >= 15 is 0 Å². The number of carboxylic acid groups (broad SMARTS) is 1. The number of aromatic nitrogens is 2. The molecule has 3 N–H and O–H groups in total. The first-order valence-corrected chi connectivity index (χ1v) is 15.2. The minimum atomic E-state index is -1.01. The summed E-state index contributed by atoms with van der Waals surface area (Å²) in [5, 5.41) is 14.6. The van der Waals surface area contributed by atoms with Crippen LogP contribution in [0.2, 0.25) is 4.34 Å². The molecular weight excluding hydrogens is 572 g/mol. The molecule has 3 aromatic heterocycles. The Morgan fingerprint density at radius 2 is 1.88 bits per heavy atom. The van der Waals surface area contributed by atoms with Crippen molar-refractivity contribution in [3.8, 4) is 16.4 Å². The van der Waals surface area contributed by atoms with Gasteiger partial charge in [-0.1, -0.05) is 47.1 Å². The standard InChI is InChI=1S/C24H17ClN2O4S.C8H18N2/c25-23-9-8-22(32-23)21-12-17(26-31-21)13-27-19-7-6-18(10-16(19)11-20(27)24(28)29)30-14-15-4-2-1-3-5-15;1-7(2)10-5-3-8(9)4-6-10/h1-12H,13-14H2,(H,28,29);7-8H,3-6,9H2,1-2H3. The summed E-state index contributed by atoms with van der Waals surface area (Å²) in [6.45, 7) is 7.58. The SMILES string of the molecule is CC(C)N1CCC(N)CC1.O=C(O)c1cc2cc(OCc3ccccc3)ccc2n1Cc1cc(-c2ccc(Cl)s2)on1. The molecule has 220 valence electrons. The number of halogens is 1. The number of rotatable bonds is 8. The average Bonchev–Trinajstić information content (AvgIpc) is 3.72. The number of aromatic carboxylic acids is 1. The summed E-state index contributed by atoms with van der Waals surface area (Å²) in [6, 6.07) is 23.7. The van der Waals surface area contributed by atoms with Gasteiger partial charge in [0, 0.05) is 29.1 Å². The zero-order valence-corrected chi connectivity index (χ0v) is 25.3. The summed E-state index contributed by atoms with van der Waals surface area (Å²) in [5.74, 6) is 0.261. The topological polar surface area (TPSA) is 107 Å². The first kappa shape index (κ1) is 29.8. The molecule has 4 heterocycles. The molecule has 1 aliphatic rings. The molecule has 10 heteroatoms. The largest absolute Gasteiger partial charge is 0.489 e. The van der Waals surface area contributed by atoms with Gasteiger partial charge in [-0.2, -0.15) is 0 Å². The maximum Gasteiger partial charge on any atom is 0.352 e. The van der Waals surface area contributed by atoms with Crippen molar-refractivity contribution in [3.63, 3.8) is 0 Å². The van der Waals surface area contributed by atoms with Gasteiger partial charge < -0.3 is 29.6 Å². The van der Waals surface area contributed by atoms with Gasteiger partial charge in [-0.15, -0.1) is 11.3 Å². The number of carbonyl (C=O) groups is 1. The van der Waals surface area contributed by atoms with Crippen LogP contribution in [0.15, 0.2) is 77.3 Å². The quantitative estimate of drug-likeness (QED) is 0.193. The van der Waals surface area contributed by atoms with Crippen molar-refractivity contribution < 1.29 is 19.2 Å². The fraction of sp³-hybridized carbons (Fsp3) is 0.312. The maximum atomic E-state index is 11.9. The van der Waals surface area contributed by atoms with Gasteiger partial charge in [-0.05, 0) is 81.7 Å². The first-order chi connectivity index (χ1) is 20.3. The number of carboxylic acids is 1. The summed E-state index contributed by atoms with van der Waals surface area (Å²) in [6.07, 6.45) is 2.36. The molecule has 6 rings (SSSR count). The molecule has 0 bridgehead atoms. The van der Waals surface area contributed by atoms with Gasteiger partial charge in [0.2, 0.25) is 0 Å². The number of likely N-dealkylation sites (tertiary alicyclic amines) is 1. The molecule has 5 aromatic rings. The predicted octanol–water partition coefficient (Wildman–Crippen LogP) is 7.15. The van der Waals surface area contributed by atoms with Crippen LogP contribution in [-0.2, 0) is 13.2 Å². The zero-order valence-electron chi connectivity index (χ0n) is 23.7. The van der Waals surface area contributed by atoms with Crippen molar-refractivity contribution in [2.24, 2.45) is 5.73 Å². The molecule has 8 nitrogen and oxygen atoms in total. The molecule has 42 heavy (non-hydrogen) atoms. The molecule has 0 spiro atoms. The summed E-state index contributed by atoms with van der Waals surface area (Å²) in [4.78, 5) is 15.3. The monoisotopic (exact) mass is 606 g/mol. The van der Waals surface area contributed by atoms with E-state index in [4.69, 9.17) is 26.6 Å². The van der Waals surface area contributed by atoms with Crippen molar-refractivity contribution in [2.75, 3.05) is 13.1 Å². The molecular formula is C32H35ClN4O4S. The van der Waals surface area contributed by atoms with Crippen molar-refractivity contribution in [3.05, 3.63) is 94.1 Å². The number of fused-ring (bicyclic) bond motifs is 1. The van der Waals surface area contributed by atoms with Crippen molar-refractivity contribution >= 4 is 39.8 Å². The number of hydrogen-bond donors (Lipinski definition) is 2. The van der Waals surface area contributed by atoms with Crippen LogP contribution in [0.3, 0.4) is 0 Å². The first-order valence-electron chi connectivity index (χ1n) is 14.0. The van der Waals surface area contributed by atoms with Crippen LogP contribution in [0.25, 0.3) is 21.5 Å². The molecule has 0 aliphatic carbocycles. The van der Waals surface area contributed by atoms with E-state index in [2.05, 4.69) is 23.9 Å². The van der Waals surface area contributed by atoms with E-state index in [1.165, 1.54) is 37.3 Å². The lowest BCUT2D eigenvalue weighted by Gasteiger charge is -2.32. The second-order valence-electron chi connectivity index (χ2n) is 10.7. The number of nitrogens with two attached hydrogens (primary N) is 1. The minimum absolute atomic E-state index is 0.170. The van der Waals surface area contributed by atoms with Gasteiger partial charge in [0.05, 0.1) is 15.8 Å². The number of thiophene rings is 1. The summed E-state index contributed by atoms with van der Waals surface area (Å²) >= 11 is 7.39. The highest BCUT2D eigenvalue weighted by molar-refractivity contribution is 7.19. The predicted molar refractivity (Wildman–Crippen MR) is 168 cm³/mol. The fourth-order valence-corrected chi connectivity index (χ4v) is 5.97. The lowest BCUT2D eigenvalue weighted by molar-refractivity contribution is 0.0686. The highest BCUT2D eigenvalue weighted by atomic mass is 35.5. The summed E-state index contributed by atoms with van der Waals surface area (Å²) < 4.78 is 13.7. The molecule has 1 fully saturated rings. The number of nitrogens with zero attached hydrogens (tertiary/aromatic N) is 3. The molecule has 0 unspecified atom stereocenters. The van der Waals surface area contributed by atoms with Gasteiger partial charge in [0.15, 0.2) is 5.76 Å². The Balaban J connectivity index is 0.000000300. The van der Waals surface area contributed by atoms with E-state index in [9.17, 15) is 9.90 Å². The maximum absolute atomic E-state index is 11.9.